The van der Waals surface area contributed by atoms with E-state index in [4.69, 9.17) is 17.3 Å². The average Bonchev–Trinajstić information content (AvgIpc) is 3.21. The number of amides is 2. The summed E-state index contributed by atoms with van der Waals surface area (Å²) in [5, 5.41) is 4.52. The van der Waals surface area contributed by atoms with Gasteiger partial charge in [0, 0.05) is 58.4 Å². The van der Waals surface area contributed by atoms with Crippen LogP contribution in [0.2, 0.25) is 5.02 Å². The maximum atomic E-state index is 13.4. The van der Waals surface area contributed by atoms with Gasteiger partial charge in [-0.1, -0.05) is 23.7 Å². The van der Waals surface area contributed by atoms with E-state index in [0.717, 1.165) is 5.69 Å². The lowest BCUT2D eigenvalue weighted by Gasteiger charge is -2.35. The predicted molar refractivity (Wildman–Crippen MR) is 123 cm³/mol. The number of nitrogens with zero attached hydrogens (tertiary/aromatic N) is 5. The van der Waals surface area contributed by atoms with Gasteiger partial charge in [0.2, 0.25) is 10.9 Å². The molecule has 2 aliphatic rings. The quantitative estimate of drug-likeness (QED) is 0.659. The molecule has 0 spiro atoms. The maximum absolute atomic E-state index is 13.4. The van der Waals surface area contributed by atoms with Crippen LogP contribution in [0.1, 0.15) is 23.2 Å². The molecule has 0 saturated carbocycles. The van der Waals surface area contributed by atoms with Crippen molar-refractivity contribution in [3.63, 3.8) is 0 Å². The van der Waals surface area contributed by atoms with Gasteiger partial charge in [0.1, 0.15) is 0 Å². The minimum absolute atomic E-state index is 0.0450. The third kappa shape index (κ3) is 4.71. The number of nitrogens with two attached hydrogens (primary N) is 1. The van der Waals surface area contributed by atoms with Gasteiger partial charge in [-0.2, -0.15) is 9.40 Å². The monoisotopic (exact) mass is 494 g/mol. The van der Waals surface area contributed by atoms with Crippen molar-refractivity contribution in [1.29, 1.82) is 0 Å². The zero-order valence-corrected chi connectivity index (χ0v) is 19.9. The van der Waals surface area contributed by atoms with Crippen LogP contribution in [0.15, 0.2) is 35.5 Å². The number of likely N-dealkylation sites (tertiary alicyclic amines) is 1. The number of piperidine rings is 1. The van der Waals surface area contributed by atoms with Crippen LogP contribution in [0.5, 0.6) is 0 Å². The molecule has 2 aromatic rings. The van der Waals surface area contributed by atoms with Crippen LogP contribution in [-0.4, -0.2) is 78.5 Å². The van der Waals surface area contributed by atoms with E-state index in [1.807, 2.05) is 23.1 Å². The van der Waals surface area contributed by atoms with Crippen molar-refractivity contribution < 1.29 is 18.0 Å². The van der Waals surface area contributed by atoms with E-state index in [1.165, 1.54) is 15.2 Å². The number of para-hydroxylation sites is 1. The first-order chi connectivity index (χ1) is 15.7. The predicted octanol–water partition coefficient (Wildman–Crippen LogP) is 0.922. The SMILES string of the molecule is Cn1cc(C(=O)N2CCC(C(N)=O)CC2)c(S(=O)(=O)N2CCN(c3ccccc3Cl)CC2)n1. The van der Waals surface area contributed by atoms with Crippen molar-refractivity contribution in [3.8, 4) is 0 Å². The summed E-state index contributed by atoms with van der Waals surface area (Å²) >= 11 is 6.28. The molecule has 1 aromatic heterocycles. The Bertz CT molecular complexity index is 1150. The molecule has 178 valence electrons. The second-order valence-corrected chi connectivity index (χ2v) is 10.6. The summed E-state index contributed by atoms with van der Waals surface area (Å²) in [4.78, 5) is 28.2. The van der Waals surface area contributed by atoms with E-state index in [0.29, 0.717) is 44.0 Å². The van der Waals surface area contributed by atoms with Gasteiger partial charge in [0.15, 0.2) is 0 Å². The standard InChI is InChI=1S/C21H27ClN6O4S/c1-25-14-16(21(30)27-8-6-15(7-9-27)19(23)29)20(24-25)33(31,32)28-12-10-26(11-13-28)18-5-3-2-4-17(18)22/h2-5,14-15H,6-13H2,1H3,(H2,23,29). The molecule has 1 aromatic carbocycles. The molecule has 2 N–H and O–H groups in total. The summed E-state index contributed by atoms with van der Waals surface area (Å²) in [6.45, 7) is 2.14. The first-order valence-corrected chi connectivity index (χ1v) is 12.6. The minimum Gasteiger partial charge on any atom is -0.369 e. The van der Waals surface area contributed by atoms with Crippen LogP contribution < -0.4 is 10.6 Å². The van der Waals surface area contributed by atoms with E-state index in [-0.39, 0.29) is 35.5 Å². The number of benzene rings is 1. The highest BCUT2D eigenvalue weighted by molar-refractivity contribution is 7.89. The molecule has 4 rings (SSSR count). The highest BCUT2D eigenvalue weighted by Gasteiger charge is 2.36. The van der Waals surface area contributed by atoms with Gasteiger partial charge in [-0.25, -0.2) is 8.42 Å². The Morgan fingerprint density at radius 3 is 2.30 bits per heavy atom. The molecule has 0 radical (unpaired) electrons. The minimum atomic E-state index is -3.98. The lowest BCUT2D eigenvalue weighted by Crippen LogP contribution is -2.49. The van der Waals surface area contributed by atoms with Crippen molar-refractivity contribution in [2.45, 2.75) is 17.9 Å². The number of anilines is 1. The summed E-state index contributed by atoms with van der Waals surface area (Å²) in [5.41, 5.74) is 6.28. The Balaban J connectivity index is 1.50. The molecule has 2 fully saturated rings. The fraction of sp³-hybridized carbons (Fsp3) is 0.476. The zero-order chi connectivity index (χ0) is 23.8. The summed E-state index contributed by atoms with van der Waals surface area (Å²) in [6, 6.07) is 7.45. The number of piperazine rings is 1. The number of aryl methyl sites for hydroxylation is 1. The van der Waals surface area contributed by atoms with Gasteiger partial charge in [0.05, 0.1) is 16.3 Å². The molecular weight excluding hydrogens is 468 g/mol. The first kappa shape index (κ1) is 23.5. The molecule has 0 unspecified atom stereocenters. The average molecular weight is 495 g/mol. The van der Waals surface area contributed by atoms with E-state index >= 15 is 0 Å². The van der Waals surface area contributed by atoms with Gasteiger partial charge in [-0.05, 0) is 25.0 Å². The van der Waals surface area contributed by atoms with Crippen molar-refractivity contribution in [2.24, 2.45) is 18.7 Å². The second-order valence-electron chi connectivity index (χ2n) is 8.33. The summed E-state index contributed by atoms with van der Waals surface area (Å²) in [7, 11) is -2.39. The number of primary amides is 1. The van der Waals surface area contributed by atoms with E-state index in [2.05, 4.69) is 5.10 Å². The van der Waals surface area contributed by atoms with Crippen LogP contribution in [0.25, 0.3) is 0 Å². The third-order valence-corrected chi connectivity index (χ3v) is 8.38. The number of hydrogen-bond acceptors (Lipinski definition) is 6. The van der Waals surface area contributed by atoms with Gasteiger partial charge in [-0.15, -0.1) is 0 Å². The Hall–Kier alpha value is -2.63. The van der Waals surface area contributed by atoms with Crippen LogP contribution in [0, 0.1) is 5.92 Å². The molecule has 2 aliphatic heterocycles. The van der Waals surface area contributed by atoms with E-state index < -0.39 is 15.9 Å². The molecule has 2 saturated heterocycles. The molecule has 0 aliphatic carbocycles. The smallest absolute Gasteiger partial charge is 0.263 e. The zero-order valence-electron chi connectivity index (χ0n) is 18.4. The number of aromatic nitrogens is 2. The normalized spacial score (nSPS) is 18.5. The van der Waals surface area contributed by atoms with Crippen molar-refractivity contribution in [3.05, 3.63) is 41.0 Å². The number of carbonyl (C=O) groups is 2. The van der Waals surface area contributed by atoms with Gasteiger partial charge in [0.25, 0.3) is 15.9 Å². The van der Waals surface area contributed by atoms with Crippen LogP contribution in [0.3, 0.4) is 0 Å². The van der Waals surface area contributed by atoms with Crippen molar-refractivity contribution >= 4 is 39.1 Å². The number of sulfonamides is 1. The van der Waals surface area contributed by atoms with Crippen LogP contribution in [0.4, 0.5) is 5.69 Å². The summed E-state index contributed by atoms with van der Waals surface area (Å²) in [6.07, 6.45) is 2.37. The Kier molecular flexibility index (Phi) is 6.64. The lowest BCUT2D eigenvalue weighted by atomic mass is 9.96. The highest BCUT2D eigenvalue weighted by atomic mass is 35.5. The number of carbonyl (C=O) groups excluding carboxylic acids is 2. The Morgan fingerprint density at radius 2 is 1.70 bits per heavy atom. The maximum Gasteiger partial charge on any atom is 0.263 e. The molecule has 33 heavy (non-hydrogen) atoms. The molecule has 0 atom stereocenters. The largest absolute Gasteiger partial charge is 0.369 e. The fourth-order valence-corrected chi connectivity index (χ4v) is 6.14. The fourth-order valence-electron chi connectivity index (χ4n) is 4.34. The Morgan fingerprint density at radius 1 is 1.06 bits per heavy atom. The molecule has 0 bridgehead atoms. The number of rotatable bonds is 5. The van der Waals surface area contributed by atoms with Crippen molar-refractivity contribution in [1.82, 2.24) is 19.0 Å². The number of hydrogen-bond donors (Lipinski definition) is 1. The highest BCUT2D eigenvalue weighted by Crippen LogP contribution is 2.28. The molecule has 2 amide bonds. The van der Waals surface area contributed by atoms with E-state index in [9.17, 15) is 18.0 Å². The number of halogens is 1. The van der Waals surface area contributed by atoms with Crippen LogP contribution >= 0.6 is 11.6 Å². The molecule has 3 heterocycles. The second kappa shape index (κ2) is 9.32. The third-order valence-electron chi connectivity index (χ3n) is 6.23. The summed E-state index contributed by atoms with van der Waals surface area (Å²) < 4.78 is 29.6. The topological polar surface area (TPSA) is 122 Å². The van der Waals surface area contributed by atoms with Gasteiger partial charge < -0.3 is 15.5 Å². The van der Waals surface area contributed by atoms with Crippen molar-refractivity contribution in [2.75, 3.05) is 44.2 Å². The van der Waals surface area contributed by atoms with Crippen LogP contribution in [-0.2, 0) is 21.9 Å². The van der Waals surface area contributed by atoms with E-state index in [1.54, 1.807) is 18.0 Å². The van der Waals surface area contributed by atoms with Gasteiger partial charge >= 0.3 is 0 Å². The molecule has 10 nitrogen and oxygen atoms in total. The Labute approximate surface area is 197 Å². The first-order valence-electron chi connectivity index (χ1n) is 10.8. The lowest BCUT2D eigenvalue weighted by molar-refractivity contribution is -0.123. The molecule has 12 heteroatoms. The summed E-state index contributed by atoms with van der Waals surface area (Å²) in [5.74, 6) is -1.04. The van der Waals surface area contributed by atoms with Gasteiger partial charge in [-0.3, -0.25) is 14.3 Å². The molecular formula is C21H27ClN6O4S.